The number of alkyl halides is 3. The highest BCUT2D eigenvalue weighted by molar-refractivity contribution is 5.73. The van der Waals surface area contributed by atoms with Gasteiger partial charge in [-0.15, -0.1) is 0 Å². The van der Waals surface area contributed by atoms with Crippen molar-refractivity contribution in [1.82, 2.24) is 0 Å². The van der Waals surface area contributed by atoms with E-state index < -0.39 is 22.4 Å². The molecule has 0 atom stereocenters. The molecule has 0 fully saturated rings. The highest BCUT2D eigenvalue weighted by Gasteiger charge is 2.33. The normalized spacial score (nSPS) is 11.1. The fourth-order valence-electron chi connectivity index (χ4n) is 1.93. The van der Waals surface area contributed by atoms with E-state index in [0.717, 1.165) is 12.1 Å². The van der Waals surface area contributed by atoms with Gasteiger partial charge in [0.25, 0.3) is 5.69 Å². The number of methoxy groups -OCH3 is 1. The Morgan fingerprint density at radius 3 is 2.43 bits per heavy atom. The van der Waals surface area contributed by atoms with E-state index >= 15 is 0 Å². The molecule has 23 heavy (non-hydrogen) atoms. The van der Waals surface area contributed by atoms with Crippen LogP contribution in [0.1, 0.15) is 5.56 Å². The molecule has 0 saturated heterocycles. The van der Waals surface area contributed by atoms with Gasteiger partial charge >= 0.3 is 6.18 Å². The maximum absolute atomic E-state index is 12.7. The maximum Gasteiger partial charge on any atom is 0.416 e. The summed E-state index contributed by atoms with van der Waals surface area (Å²) in [5.74, 6) is 0.414. The van der Waals surface area contributed by atoms with Gasteiger partial charge in [0.2, 0.25) is 0 Å². The lowest BCUT2D eigenvalue weighted by molar-refractivity contribution is -0.384. The predicted octanol–water partition coefficient (Wildman–Crippen LogP) is 3.95. The van der Waals surface area contributed by atoms with E-state index in [1.807, 2.05) is 0 Å². The molecular formula is C14H12F3N3O3. The second-order valence-corrected chi connectivity index (χ2v) is 4.57. The van der Waals surface area contributed by atoms with Crippen molar-refractivity contribution in [3.05, 3.63) is 52.1 Å². The third-order valence-corrected chi connectivity index (χ3v) is 3.03. The number of rotatable bonds is 4. The molecule has 122 valence electrons. The van der Waals surface area contributed by atoms with Crippen LogP contribution < -0.4 is 15.8 Å². The summed E-state index contributed by atoms with van der Waals surface area (Å²) in [6.45, 7) is 0. The van der Waals surface area contributed by atoms with E-state index in [1.165, 1.54) is 25.3 Å². The second kappa shape index (κ2) is 6.03. The first kappa shape index (κ1) is 16.4. The zero-order valence-electron chi connectivity index (χ0n) is 11.8. The molecule has 2 aromatic rings. The van der Waals surface area contributed by atoms with Gasteiger partial charge in [0.15, 0.2) is 0 Å². The average molecular weight is 327 g/mol. The van der Waals surface area contributed by atoms with Gasteiger partial charge < -0.3 is 15.8 Å². The van der Waals surface area contributed by atoms with Gasteiger partial charge in [-0.25, -0.2) is 0 Å². The van der Waals surface area contributed by atoms with Crippen LogP contribution >= 0.6 is 0 Å². The smallest absolute Gasteiger partial charge is 0.416 e. The molecule has 0 radical (unpaired) electrons. The third kappa shape index (κ3) is 3.62. The minimum Gasteiger partial charge on any atom is -0.495 e. The summed E-state index contributed by atoms with van der Waals surface area (Å²) in [6.07, 6.45) is -4.66. The van der Waals surface area contributed by atoms with Gasteiger partial charge in [-0.1, -0.05) is 0 Å². The van der Waals surface area contributed by atoms with Crippen LogP contribution in [0.2, 0.25) is 0 Å². The number of nitro benzene ring substituents is 1. The van der Waals surface area contributed by atoms with E-state index in [-0.39, 0.29) is 11.4 Å². The van der Waals surface area contributed by atoms with E-state index in [2.05, 4.69) is 5.32 Å². The lowest BCUT2D eigenvalue weighted by atomic mass is 10.1. The largest absolute Gasteiger partial charge is 0.495 e. The van der Waals surface area contributed by atoms with Gasteiger partial charge in [-0.05, 0) is 30.3 Å². The molecule has 0 bridgehead atoms. The Labute approximate surface area is 128 Å². The van der Waals surface area contributed by atoms with Crippen molar-refractivity contribution < 1.29 is 22.8 Å². The second-order valence-electron chi connectivity index (χ2n) is 4.57. The number of benzene rings is 2. The Hall–Kier alpha value is -2.97. The van der Waals surface area contributed by atoms with Crippen molar-refractivity contribution in [2.45, 2.75) is 6.18 Å². The van der Waals surface area contributed by atoms with Gasteiger partial charge in [-0.3, -0.25) is 10.1 Å². The summed E-state index contributed by atoms with van der Waals surface area (Å²) in [5, 5.41) is 13.7. The van der Waals surface area contributed by atoms with Crippen molar-refractivity contribution in [3.8, 4) is 5.75 Å². The quantitative estimate of drug-likeness (QED) is 0.504. The molecule has 0 amide bonds. The number of nitrogens with one attached hydrogen (secondary N) is 1. The van der Waals surface area contributed by atoms with Crippen LogP contribution in [-0.2, 0) is 6.18 Å². The SMILES string of the molecule is COc1ccc(Nc2ccc(C(F)(F)F)cc2[N+](=O)[O-])cc1N. The lowest BCUT2D eigenvalue weighted by Crippen LogP contribution is -2.07. The number of hydrogen-bond donors (Lipinski definition) is 2. The van der Waals surface area contributed by atoms with Gasteiger partial charge in [-0.2, -0.15) is 13.2 Å². The summed E-state index contributed by atoms with van der Waals surface area (Å²) in [7, 11) is 1.43. The average Bonchev–Trinajstić information content (AvgIpc) is 2.46. The molecule has 0 aliphatic heterocycles. The molecule has 2 rings (SSSR count). The first-order valence-electron chi connectivity index (χ1n) is 6.28. The van der Waals surface area contributed by atoms with Crippen LogP contribution in [0, 0.1) is 10.1 Å². The molecule has 0 aliphatic rings. The lowest BCUT2D eigenvalue weighted by Gasteiger charge is -2.12. The highest BCUT2D eigenvalue weighted by atomic mass is 19.4. The molecule has 0 aliphatic carbocycles. The number of ether oxygens (including phenoxy) is 1. The number of nitrogens with two attached hydrogens (primary N) is 1. The minimum absolute atomic E-state index is 0.0763. The summed E-state index contributed by atoms with van der Waals surface area (Å²) >= 11 is 0. The fraction of sp³-hybridized carbons (Fsp3) is 0.143. The predicted molar refractivity (Wildman–Crippen MR) is 78.8 cm³/mol. The molecular weight excluding hydrogens is 315 g/mol. The monoisotopic (exact) mass is 327 g/mol. The van der Waals surface area contributed by atoms with Crippen LogP contribution in [-0.4, -0.2) is 12.0 Å². The van der Waals surface area contributed by atoms with Gasteiger partial charge in [0, 0.05) is 11.8 Å². The summed E-state index contributed by atoms with van der Waals surface area (Å²) in [4.78, 5) is 10.1. The van der Waals surface area contributed by atoms with Crippen molar-refractivity contribution in [3.63, 3.8) is 0 Å². The fourth-order valence-corrected chi connectivity index (χ4v) is 1.93. The Morgan fingerprint density at radius 1 is 1.22 bits per heavy atom. The topological polar surface area (TPSA) is 90.4 Å². The zero-order valence-corrected chi connectivity index (χ0v) is 11.8. The van der Waals surface area contributed by atoms with Gasteiger partial charge in [0.05, 0.1) is 23.3 Å². The van der Waals surface area contributed by atoms with Crippen LogP contribution in [0.3, 0.4) is 0 Å². The zero-order chi connectivity index (χ0) is 17.2. The van der Waals surface area contributed by atoms with E-state index in [9.17, 15) is 23.3 Å². The molecule has 9 heteroatoms. The Balaban J connectivity index is 2.39. The number of halogens is 3. The number of nitrogen functional groups attached to an aromatic ring is 1. The van der Waals surface area contributed by atoms with Crippen molar-refractivity contribution in [2.75, 3.05) is 18.2 Å². The van der Waals surface area contributed by atoms with Crippen LogP contribution in [0.15, 0.2) is 36.4 Å². The summed E-state index contributed by atoms with van der Waals surface area (Å²) in [6, 6.07) is 6.78. The van der Waals surface area contributed by atoms with E-state index in [1.54, 1.807) is 0 Å². The van der Waals surface area contributed by atoms with Gasteiger partial charge in [0.1, 0.15) is 11.4 Å². The Bertz CT molecular complexity index is 748. The Kier molecular flexibility index (Phi) is 4.30. The maximum atomic E-state index is 12.7. The molecule has 0 heterocycles. The molecule has 0 unspecified atom stereocenters. The third-order valence-electron chi connectivity index (χ3n) is 3.03. The van der Waals surface area contributed by atoms with Crippen molar-refractivity contribution >= 4 is 22.7 Å². The Morgan fingerprint density at radius 2 is 1.91 bits per heavy atom. The standard InChI is InChI=1S/C14H12F3N3O3/c1-23-13-5-3-9(7-10(13)18)19-11-4-2-8(14(15,16)17)6-12(11)20(21)22/h2-7,19H,18H2,1H3. The molecule has 2 aromatic carbocycles. The van der Waals surface area contributed by atoms with Crippen molar-refractivity contribution in [2.24, 2.45) is 0 Å². The number of anilines is 3. The van der Waals surface area contributed by atoms with Crippen LogP contribution in [0.5, 0.6) is 5.75 Å². The molecule has 0 aromatic heterocycles. The summed E-state index contributed by atoms with van der Waals surface area (Å²) in [5.41, 5.74) is 4.53. The number of nitrogens with zero attached hydrogens (tertiary/aromatic N) is 1. The molecule has 0 spiro atoms. The number of hydrogen-bond acceptors (Lipinski definition) is 5. The first-order valence-corrected chi connectivity index (χ1v) is 6.28. The van der Waals surface area contributed by atoms with Crippen molar-refractivity contribution in [1.29, 1.82) is 0 Å². The summed E-state index contributed by atoms with van der Waals surface area (Å²) < 4.78 is 42.9. The first-order chi connectivity index (χ1) is 10.7. The molecule has 0 saturated carbocycles. The number of nitro groups is 1. The van der Waals surface area contributed by atoms with Crippen LogP contribution in [0.25, 0.3) is 0 Å². The molecule has 3 N–H and O–H groups in total. The minimum atomic E-state index is -4.66. The molecule has 6 nitrogen and oxygen atoms in total. The highest BCUT2D eigenvalue weighted by Crippen LogP contribution is 2.36. The van der Waals surface area contributed by atoms with Crippen LogP contribution in [0.4, 0.5) is 35.9 Å². The van der Waals surface area contributed by atoms with E-state index in [4.69, 9.17) is 10.5 Å². The van der Waals surface area contributed by atoms with E-state index in [0.29, 0.717) is 17.5 Å².